The summed E-state index contributed by atoms with van der Waals surface area (Å²) in [6.07, 6.45) is 9.98. The number of hydrogen-bond acceptors (Lipinski definition) is 4. The first kappa shape index (κ1) is 15.3. The van der Waals surface area contributed by atoms with Crippen LogP contribution in [-0.2, 0) is 14.3 Å². The van der Waals surface area contributed by atoms with E-state index in [4.69, 9.17) is 9.47 Å². The molecule has 142 valence electrons. The second-order valence-corrected chi connectivity index (χ2v) is 10.8. The van der Waals surface area contributed by atoms with Crippen molar-refractivity contribution >= 4 is 5.97 Å². The number of rotatable bonds is 2. The molecule has 0 aromatic rings. The Bertz CT molecular complexity index is 739. The highest BCUT2D eigenvalue weighted by atomic mass is 16.5. The molecule has 9 atom stereocenters. The molecule has 4 saturated heterocycles. The summed E-state index contributed by atoms with van der Waals surface area (Å²) in [5, 5.41) is 0. The molecule has 8 rings (SSSR count). The lowest BCUT2D eigenvalue weighted by molar-refractivity contribution is -0.264. The number of esters is 1. The summed E-state index contributed by atoms with van der Waals surface area (Å²) in [5.74, 6) is 1.46. The number of carbonyl (C=O) groups excluding carboxylic acids is 1. The third-order valence-electron chi connectivity index (χ3n) is 11.6. The average molecular weight is 357 g/mol. The zero-order valence-electron chi connectivity index (χ0n) is 16.2. The summed E-state index contributed by atoms with van der Waals surface area (Å²) in [5.41, 5.74) is 1.24. The zero-order valence-corrected chi connectivity index (χ0v) is 16.2. The summed E-state index contributed by atoms with van der Waals surface area (Å²) in [4.78, 5) is 15.9. The van der Waals surface area contributed by atoms with E-state index in [0.717, 1.165) is 18.9 Å². The number of nitrogens with zero attached hydrogens (tertiary/aromatic N) is 1. The molecule has 4 heterocycles. The zero-order chi connectivity index (χ0) is 17.6. The Balaban J connectivity index is 1.59. The fourth-order valence-corrected chi connectivity index (χ4v) is 11.3. The summed E-state index contributed by atoms with van der Waals surface area (Å²) in [6.45, 7) is 5.92. The minimum Gasteiger partial charge on any atom is -0.469 e. The van der Waals surface area contributed by atoms with E-state index in [1.807, 2.05) is 0 Å². The highest BCUT2D eigenvalue weighted by molar-refractivity contribution is 5.74. The highest BCUT2D eigenvalue weighted by Crippen LogP contribution is 2.91. The van der Waals surface area contributed by atoms with Crippen LogP contribution >= 0.6 is 0 Å². The molecular formula is C22H31NO3. The van der Waals surface area contributed by atoms with Crippen LogP contribution in [0, 0.1) is 34.0 Å². The van der Waals surface area contributed by atoms with Gasteiger partial charge < -0.3 is 9.47 Å². The SMILES string of the molecule is CCC12CCC34COC56CCC3CN1CC51C(CC6)C(C(=O)OC)CC421. The molecule has 8 fully saturated rings. The molecule has 4 aliphatic heterocycles. The van der Waals surface area contributed by atoms with Gasteiger partial charge in [-0.05, 0) is 63.2 Å². The van der Waals surface area contributed by atoms with Crippen LogP contribution in [0.25, 0.3) is 0 Å². The summed E-state index contributed by atoms with van der Waals surface area (Å²) in [7, 11) is 1.60. The van der Waals surface area contributed by atoms with Gasteiger partial charge in [-0.1, -0.05) is 6.92 Å². The van der Waals surface area contributed by atoms with Crippen LogP contribution in [0.5, 0.6) is 0 Å². The van der Waals surface area contributed by atoms with E-state index in [-0.39, 0.29) is 22.9 Å². The number of methoxy groups -OCH3 is 1. The predicted octanol–water partition coefficient (Wildman–Crippen LogP) is 3.00. The van der Waals surface area contributed by atoms with Crippen molar-refractivity contribution in [2.24, 2.45) is 34.0 Å². The van der Waals surface area contributed by atoms with Crippen molar-refractivity contribution < 1.29 is 14.3 Å². The monoisotopic (exact) mass is 357 g/mol. The third-order valence-corrected chi connectivity index (χ3v) is 11.6. The molecule has 4 aliphatic carbocycles. The number of ether oxygens (including phenoxy) is 2. The van der Waals surface area contributed by atoms with Gasteiger partial charge in [0.15, 0.2) is 0 Å². The predicted molar refractivity (Wildman–Crippen MR) is 95.4 cm³/mol. The van der Waals surface area contributed by atoms with Gasteiger partial charge in [-0.3, -0.25) is 9.69 Å². The first-order valence-corrected chi connectivity index (χ1v) is 11.0. The molecule has 4 nitrogen and oxygen atoms in total. The van der Waals surface area contributed by atoms with Gasteiger partial charge in [-0.2, -0.15) is 0 Å². The molecule has 9 unspecified atom stereocenters. The van der Waals surface area contributed by atoms with Gasteiger partial charge in [0.2, 0.25) is 0 Å². The lowest BCUT2D eigenvalue weighted by Crippen LogP contribution is -2.70. The van der Waals surface area contributed by atoms with Gasteiger partial charge >= 0.3 is 5.97 Å². The van der Waals surface area contributed by atoms with Crippen molar-refractivity contribution in [3.63, 3.8) is 0 Å². The molecule has 6 bridgehead atoms. The van der Waals surface area contributed by atoms with Crippen molar-refractivity contribution in [1.82, 2.24) is 4.90 Å². The van der Waals surface area contributed by atoms with Crippen LogP contribution in [-0.4, -0.2) is 48.8 Å². The Morgan fingerprint density at radius 2 is 2.08 bits per heavy atom. The Morgan fingerprint density at radius 1 is 1.23 bits per heavy atom. The second kappa shape index (κ2) is 4.05. The maximum Gasteiger partial charge on any atom is 0.308 e. The summed E-state index contributed by atoms with van der Waals surface area (Å²) in [6, 6.07) is 0. The molecule has 8 aliphatic rings. The standard InChI is InChI=1S/C22H31NO3/c1-3-19-9-8-18-13-26-20-6-4-14(18)11-23(19)12-21(20)16(5-7-20)15(17(24)25-2)10-22(18,19)21/h14-16H,3-13H2,1-2H3. The van der Waals surface area contributed by atoms with E-state index < -0.39 is 0 Å². The summed E-state index contributed by atoms with van der Waals surface area (Å²) >= 11 is 0. The highest BCUT2D eigenvalue weighted by Gasteiger charge is 2.94. The van der Waals surface area contributed by atoms with Gasteiger partial charge in [-0.15, -0.1) is 0 Å². The Hall–Kier alpha value is -0.610. The molecule has 0 aromatic heterocycles. The van der Waals surface area contributed by atoms with E-state index in [9.17, 15) is 4.79 Å². The largest absolute Gasteiger partial charge is 0.469 e. The maximum atomic E-state index is 12.9. The number of hydrogen-bond donors (Lipinski definition) is 0. The second-order valence-electron chi connectivity index (χ2n) is 10.8. The fraction of sp³-hybridized carbons (Fsp3) is 0.955. The van der Waals surface area contributed by atoms with Gasteiger partial charge in [0, 0.05) is 34.9 Å². The number of fused-ring (bicyclic) bond motifs is 2. The molecule has 0 N–H and O–H groups in total. The van der Waals surface area contributed by atoms with Crippen LogP contribution < -0.4 is 0 Å². The number of carbonyl (C=O) groups is 1. The van der Waals surface area contributed by atoms with Crippen molar-refractivity contribution in [1.29, 1.82) is 0 Å². The van der Waals surface area contributed by atoms with Gasteiger partial charge in [-0.25, -0.2) is 0 Å². The Morgan fingerprint density at radius 3 is 2.88 bits per heavy atom. The minimum absolute atomic E-state index is 0.0542. The smallest absolute Gasteiger partial charge is 0.308 e. The normalized spacial score (nSPS) is 65.5. The fourth-order valence-electron chi connectivity index (χ4n) is 11.3. The minimum atomic E-state index is 0.0542. The molecule has 0 amide bonds. The molecule has 4 heteroatoms. The van der Waals surface area contributed by atoms with E-state index in [2.05, 4.69) is 11.8 Å². The molecule has 4 saturated carbocycles. The van der Waals surface area contributed by atoms with Crippen LogP contribution in [0.1, 0.15) is 58.3 Å². The topological polar surface area (TPSA) is 38.8 Å². The quantitative estimate of drug-likeness (QED) is 0.712. The first-order chi connectivity index (χ1) is 12.6. The molecule has 0 radical (unpaired) electrons. The van der Waals surface area contributed by atoms with Crippen LogP contribution in [0.4, 0.5) is 0 Å². The number of piperidine rings is 1. The lowest BCUT2D eigenvalue weighted by Gasteiger charge is -2.65. The first-order valence-electron chi connectivity index (χ1n) is 11.0. The maximum absolute atomic E-state index is 12.9. The van der Waals surface area contributed by atoms with Crippen molar-refractivity contribution in [2.45, 2.75) is 69.4 Å². The van der Waals surface area contributed by atoms with E-state index in [1.54, 1.807) is 7.11 Å². The van der Waals surface area contributed by atoms with E-state index in [1.165, 1.54) is 58.0 Å². The van der Waals surface area contributed by atoms with Crippen molar-refractivity contribution in [3.05, 3.63) is 0 Å². The van der Waals surface area contributed by atoms with Gasteiger partial charge in [0.1, 0.15) is 0 Å². The molecule has 0 aromatic carbocycles. The average Bonchev–Trinajstić information content (AvgIpc) is 3.20. The van der Waals surface area contributed by atoms with Crippen molar-refractivity contribution in [3.8, 4) is 0 Å². The molecule has 26 heavy (non-hydrogen) atoms. The molecule has 4 spiro atoms. The van der Waals surface area contributed by atoms with Gasteiger partial charge in [0.05, 0.1) is 25.2 Å². The third kappa shape index (κ3) is 1.04. The lowest BCUT2D eigenvalue weighted by atomic mass is 9.43. The van der Waals surface area contributed by atoms with Crippen LogP contribution in [0.2, 0.25) is 0 Å². The van der Waals surface area contributed by atoms with Crippen LogP contribution in [0.15, 0.2) is 0 Å². The summed E-state index contributed by atoms with van der Waals surface area (Å²) < 4.78 is 12.4. The van der Waals surface area contributed by atoms with E-state index in [0.29, 0.717) is 22.3 Å². The molecular weight excluding hydrogens is 326 g/mol. The van der Waals surface area contributed by atoms with Crippen LogP contribution in [0.3, 0.4) is 0 Å². The Labute approximate surface area is 156 Å². The van der Waals surface area contributed by atoms with Gasteiger partial charge in [0.25, 0.3) is 0 Å². The van der Waals surface area contributed by atoms with Crippen molar-refractivity contribution in [2.75, 3.05) is 26.8 Å². The Kier molecular flexibility index (Phi) is 2.39. The van der Waals surface area contributed by atoms with E-state index >= 15 is 0 Å².